The number of benzene rings is 1. The van der Waals surface area contributed by atoms with Crippen LogP contribution in [0.4, 0.5) is 18.9 Å². The lowest BCUT2D eigenvalue weighted by molar-refractivity contribution is -0.137. The fraction of sp³-hybridized carbons (Fsp3) is 0.400. The standard InChI is InChI=1S/C20H24F3N3O2S/c1-29(27)25(14-15-26(29)18-9-11-24-12-10-18)13-3-2-4-16-28-19-7-5-17(6-8-19)20(21,22)23/h5-12H,1-4,13-16H2. The van der Waals surface area contributed by atoms with E-state index in [-0.39, 0.29) is 0 Å². The number of ether oxygens (including phenoxy) is 1. The first-order chi connectivity index (χ1) is 13.8. The molecule has 0 N–H and O–H groups in total. The molecule has 29 heavy (non-hydrogen) atoms. The van der Waals surface area contributed by atoms with Crippen molar-refractivity contribution in [1.29, 1.82) is 0 Å². The van der Waals surface area contributed by atoms with Crippen molar-refractivity contribution in [2.45, 2.75) is 25.4 Å². The topological polar surface area (TPSA) is 45.7 Å². The predicted molar refractivity (Wildman–Crippen MR) is 109 cm³/mol. The molecule has 2 heterocycles. The highest BCUT2D eigenvalue weighted by Gasteiger charge is 2.31. The molecule has 0 saturated carbocycles. The van der Waals surface area contributed by atoms with Crippen LogP contribution in [-0.2, 0) is 16.1 Å². The van der Waals surface area contributed by atoms with E-state index in [4.69, 9.17) is 4.74 Å². The Labute approximate surface area is 169 Å². The Bertz CT molecular complexity index is 887. The molecule has 1 atom stereocenters. The molecule has 1 unspecified atom stereocenters. The normalized spacial score (nSPS) is 20.2. The first-order valence-corrected chi connectivity index (χ1v) is 11.0. The maximum atomic E-state index is 13.1. The number of rotatable bonds is 8. The molecule has 9 heteroatoms. The Balaban J connectivity index is 1.38. The smallest absolute Gasteiger partial charge is 0.416 e. The largest absolute Gasteiger partial charge is 0.494 e. The minimum atomic E-state index is -4.34. The monoisotopic (exact) mass is 427 g/mol. The van der Waals surface area contributed by atoms with E-state index in [0.717, 1.165) is 37.1 Å². The van der Waals surface area contributed by atoms with Gasteiger partial charge < -0.3 is 4.74 Å². The van der Waals surface area contributed by atoms with Crippen LogP contribution in [0.25, 0.3) is 0 Å². The lowest BCUT2D eigenvalue weighted by Crippen LogP contribution is -2.33. The zero-order valence-corrected chi connectivity index (χ0v) is 16.8. The van der Waals surface area contributed by atoms with Gasteiger partial charge in [-0.1, -0.05) is 0 Å². The van der Waals surface area contributed by atoms with Gasteiger partial charge in [-0.25, -0.2) is 8.51 Å². The van der Waals surface area contributed by atoms with Gasteiger partial charge in [0, 0.05) is 32.0 Å². The van der Waals surface area contributed by atoms with Crippen LogP contribution in [0.1, 0.15) is 24.8 Å². The van der Waals surface area contributed by atoms with Crippen LogP contribution in [0.2, 0.25) is 0 Å². The van der Waals surface area contributed by atoms with Gasteiger partial charge in [0.15, 0.2) is 0 Å². The number of halogens is 3. The highest BCUT2D eigenvalue weighted by molar-refractivity contribution is 7.99. The molecule has 3 rings (SSSR count). The van der Waals surface area contributed by atoms with Gasteiger partial charge in [0.2, 0.25) is 0 Å². The lowest BCUT2D eigenvalue weighted by atomic mass is 10.2. The van der Waals surface area contributed by atoms with Gasteiger partial charge >= 0.3 is 6.18 Å². The molecule has 1 aromatic heterocycles. The van der Waals surface area contributed by atoms with Crippen molar-refractivity contribution in [1.82, 2.24) is 9.29 Å². The summed E-state index contributed by atoms with van der Waals surface area (Å²) in [5, 5.41) is 0. The average molecular weight is 427 g/mol. The van der Waals surface area contributed by atoms with E-state index in [9.17, 15) is 17.4 Å². The summed E-state index contributed by atoms with van der Waals surface area (Å²) in [7, 11) is -2.52. The molecular weight excluding hydrogens is 403 g/mol. The molecule has 0 aliphatic carbocycles. The summed E-state index contributed by atoms with van der Waals surface area (Å²) >= 11 is 0. The fourth-order valence-electron chi connectivity index (χ4n) is 3.18. The fourth-order valence-corrected chi connectivity index (χ4v) is 5.06. The molecule has 0 spiro atoms. The van der Waals surface area contributed by atoms with Crippen LogP contribution < -0.4 is 9.04 Å². The van der Waals surface area contributed by atoms with Crippen LogP contribution in [0.3, 0.4) is 0 Å². The van der Waals surface area contributed by atoms with Crippen molar-refractivity contribution in [3.05, 3.63) is 54.4 Å². The van der Waals surface area contributed by atoms with Gasteiger partial charge in [-0.15, -0.1) is 0 Å². The summed E-state index contributed by atoms with van der Waals surface area (Å²) in [6.07, 6.45) is 1.47. The van der Waals surface area contributed by atoms with Gasteiger partial charge in [-0.2, -0.15) is 13.2 Å². The van der Waals surface area contributed by atoms with Gasteiger partial charge in [-0.3, -0.25) is 9.29 Å². The van der Waals surface area contributed by atoms with E-state index in [0.29, 0.717) is 32.0 Å². The quantitative estimate of drug-likeness (QED) is 0.472. The summed E-state index contributed by atoms with van der Waals surface area (Å²) in [5.41, 5.74) is 0.167. The van der Waals surface area contributed by atoms with Crippen molar-refractivity contribution in [3.8, 4) is 5.75 Å². The van der Waals surface area contributed by atoms with Crippen molar-refractivity contribution >= 4 is 21.5 Å². The average Bonchev–Trinajstić information content (AvgIpc) is 2.99. The molecule has 1 aromatic carbocycles. The third-order valence-corrected chi connectivity index (χ3v) is 7.01. The molecule has 158 valence electrons. The van der Waals surface area contributed by atoms with Gasteiger partial charge in [0.05, 0.1) is 17.9 Å². The maximum Gasteiger partial charge on any atom is 0.416 e. The predicted octanol–water partition coefficient (Wildman–Crippen LogP) is 4.02. The molecule has 0 radical (unpaired) electrons. The number of hydrogen-bond donors (Lipinski definition) is 0. The summed E-state index contributed by atoms with van der Waals surface area (Å²) < 4.78 is 59.9. The van der Waals surface area contributed by atoms with Crippen LogP contribution in [0.5, 0.6) is 5.75 Å². The summed E-state index contributed by atoms with van der Waals surface area (Å²) in [4.78, 5) is 3.98. The lowest BCUT2D eigenvalue weighted by Gasteiger charge is -2.25. The highest BCUT2D eigenvalue weighted by Crippen LogP contribution is 2.30. The minimum absolute atomic E-state index is 0.423. The van der Waals surface area contributed by atoms with Crippen molar-refractivity contribution in [2.75, 3.05) is 30.5 Å². The van der Waals surface area contributed by atoms with Gasteiger partial charge in [-0.05, 0) is 61.5 Å². The molecule has 1 aliphatic heterocycles. The number of aromatic nitrogens is 1. The van der Waals surface area contributed by atoms with E-state index in [1.54, 1.807) is 12.4 Å². The SMILES string of the molecule is C=S1(=O)N(CCCCCOc2ccc(C(F)(F)F)cc2)CCN1c1ccncc1. The van der Waals surface area contributed by atoms with Gasteiger partial charge in [0.1, 0.15) is 15.6 Å². The number of anilines is 1. The summed E-state index contributed by atoms with van der Waals surface area (Å²) in [6.45, 7) is 2.44. The second-order valence-corrected chi connectivity index (χ2v) is 8.95. The number of hydrogen-bond acceptors (Lipinski definition) is 3. The van der Waals surface area contributed by atoms with E-state index >= 15 is 0 Å². The molecular formula is C20H24F3N3O2S. The van der Waals surface area contributed by atoms with E-state index in [2.05, 4.69) is 10.9 Å². The third kappa shape index (κ3) is 5.42. The van der Waals surface area contributed by atoms with Crippen LogP contribution in [0.15, 0.2) is 48.8 Å². The Morgan fingerprint density at radius 1 is 1.03 bits per heavy atom. The van der Waals surface area contributed by atoms with Crippen molar-refractivity contribution < 1.29 is 22.1 Å². The zero-order chi connectivity index (χ0) is 20.9. The molecule has 2 aromatic rings. The van der Waals surface area contributed by atoms with Crippen molar-refractivity contribution in [3.63, 3.8) is 0 Å². The van der Waals surface area contributed by atoms with Gasteiger partial charge in [0.25, 0.3) is 0 Å². The maximum absolute atomic E-state index is 13.1. The molecule has 1 fully saturated rings. The van der Waals surface area contributed by atoms with Crippen LogP contribution in [0, 0.1) is 0 Å². The Kier molecular flexibility index (Phi) is 6.69. The summed E-state index contributed by atoms with van der Waals surface area (Å²) in [6, 6.07) is 8.35. The zero-order valence-electron chi connectivity index (χ0n) is 16.0. The second-order valence-electron chi connectivity index (χ2n) is 6.77. The Hall–Kier alpha value is -2.26. The number of alkyl halides is 3. The van der Waals surface area contributed by atoms with Crippen molar-refractivity contribution in [2.24, 2.45) is 0 Å². The highest BCUT2D eigenvalue weighted by atomic mass is 32.2. The molecule has 5 nitrogen and oxygen atoms in total. The minimum Gasteiger partial charge on any atom is -0.494 e. The van der Waals surface area contributed by atoms with E-state index in [1.165, 1.54) is 12.1 Å². The first kappa shape index (κ1) is 21.4. The number of nitrogens with zero attached hydrogens (tertiary/aromatic N) is 3. The molecule has 1 saturated heterocycles. The molecule has 0 amide bonds. The van der Waals surface area contributed by atoms with E-state index < -0.39 is 21.6 Å². The second kappa shape index (κ2) is 9.04. The number of pyridine rings is 1. The summed E-state index contributed by atoms with van der Waals surface area (Å²) in [5.74, 6) is 4.36. The first-order valence-electron chi connectivity index (χ1n) is 9.38. The number of unbranched alkanes of at least 4 members (excludes halogenated alkanes) is 2. The van der Waals surface area contributed by atoms with Crippen LogP contribution >= 0.6 is 0 Å². The molecule has 0 bridgehead atoms. The molecule has 1 aliphatic rings. The van der Waals surface area contributed by atoms with Crippen LogP contribution in [-0.4, -0.2) is 45.6 Å². The third-order valence-electron chi connectivity index (χ3n) is 4.75. The Morgan fingerprint density at radius 3 is 2.38 bits per heavy atom. The Morgan fingerprint density at radius 2 is 1.72 bits per heavy atom. The van der Waals surface area contributed by atoms with E-state index in [1.807, 2.05) is 20.7 Å².